The second kappa shape index (κ2) is 5.29. The van der Waals surface area contributed by atoms with Gasteiger partial charge in [-0.15, -0.1) is 0 Å². The summed E-state index contributed by atoms with van der Waals surface area (Å²) in [5.74, 6) is 0.398. The zero-order valence-electron chi connectivity index (χ0n) is 11.6. The number of phenolic OH excluding ortho intramolecular Hbond substituents is 1. The summed E-state index contributed by atoms with van der Waals surface area (Å²) in [6, 6.07) is 5.96. The lowest BCUT2D eigenvalue weighted by Gasteiger charge is -2.27. The van der Waals surface area contributed by atoms with Crippen molar-refractivity contribution in [1.82, 2.24) is 4.90 Å². The molecule has 1 aromatic rings. The molecule has 2 rings (SSSR count). The van der Waals surface area contributed by atoms with E-state index < -0.39 is 0 Å². The topological polar surface area (TPSA) is 32.7 Å². The van der Waals surface area contributed by atoms with E-state index in [1.54, 1.807) is 0 Å². The average molecular weight is 249 g/mol. The summed E-state index contributed by atoms with van der Waals surface area (Å²) in [5.41, 5.74) is 2.40. The molecule has 0 saturated carbocycles. The molecule has 0 radical (unpaired) electrons. The van der Waals surface area contributed by atoms with E-state index in [-0.39, 0.29) is 5.41 Å². The van der Waals surface area contributed by atoms with E-state index in [0.717, 1.165) is 38.4 Å². The van der Waals surface area contributed by atoms with E-state index in [1.165, 1.54) is 5.56 Å². The van der Waals surface area contributed by atoms with Gasteiger partial charge in [-0.25, -0.2) is 0 Å². The second-order valence-corrected chi connectivity index (χ2v) is 5.98. The monoisotopic (exact) mass is 249 g/mol. The van der Waals surface area contributed by atoms with Gasteiger partial charge in [-0.3, -0.25) is 4.90 Å². The van der Waals surface area contributed by atoms with Crippen molar-refractivity contribution in [2.24, 2.45) is 0 Å². The first-order valence-electron chi connectivity index (χ1n) is 6.59. The third-order valence-electron chi connectivity index (χ3n) is 3.44. The number of hydrogen-bond acceptors (Lipinski definition) is 3. The maximum Gasteiger partial charge on any atom is 0.120 e. The molecule has 0 bridgehead atoms. The maximum absolute atomic E-state index is 9.97. The molecular weight excluding hydrogens is 226 g/mol. The lowest BCUT2D eigenvalue weighted by Crippen LogP contribution is -2.35. The Morgan fingerprint density at radius 3 is 2.50 bits per heavy atom. The van der Waals surface area contributed by atoms with Crippen molar-refractivity contribution in [3.63, 3.8) is 0 Å². The minimum atomic E-state index is 0.119. The van der Waals surface area contributed by atoms with Crippen LogP contribution in [0.5, 0.6) is 5.75 Å². The van der Waals surface area contributed by atoms with Crippen LogP contribution in [0.2, 0.25) is 0 Å². The Balaban J connectivity index is 2.15. The number of morpholine rings is 1. The Bertz CT molecular complexity index is 403. The minimum Gasteiger partial charge on any atom is -0.508 e. The maximum atomic E-state index is 9.97. The highest BCUT2D eigenvalue weighted by atomic mass is 16.5. The van der Waals surface area contributed by atoms with Crippen molar-refractivity contribution in [3.8, 4) is 5.75 Å². The number of hydrogen-bond donors (Lipinski definition) is 1. The van der Waals surface area contributed by atoms with Gasteiger partial charge < -0.3 is 9.84 Å². The number of rotatable bonds is 2. The third kappa shape index (κ3) is 3.24. The van der Waals surface area contributed by atoms with Crippen molar-refractivity contribution in [2.45, 2.75) is 32.7 Å². The van der Waals surface area contributed by atoms with E-state index in [2.05, 4.69) is 31.7 Å². The van der Waals surface area contributed by atoms with Crippen LogP contribution < -0.4 is 0 Å². The van der Waals surface area contributed by atoms with Crippen LogP contribution in [0.25, 0.3) is 0 Å². The second-order valence-electron chi connectivity index (χ2n) is 5.98. The molecule has 1 saturated heterocycles. The van der Waals surface area contributed by atoms with Crippen LogP contribution in [0.4, 0.5) is 0 Å². The molecule has 0 amide bonds. The number of ether oxygens (including phenoxy) is 1. The Morgan fingerprint density at radius 2 is 1.89 bits per heavy atom. The van der Waals surface area contributed by atoms with Crippen molar-refractivity contribution in [1.29, 1.82) is 0 Å². The molecular formula is C15H23NO2. The predicted molar refractivity (Wildman–Crippen MR) is 72.9 cm³/mol. The Morgan fingerprint density at radius 1 is 1.22 bits per heavy atom. The zero-order chi connectivity index (χ0) is 13.2. The molecule has 0 atom stereocenters. The summed E-state index contributed by atoms with van der Waals surface area (Å²) in [6.07, 6.45) is 0. The van der Waals surface area contributed by atoms with Crippen LogP contribution in [0.1, 0.15) is 31.9 Å². The summed E-state index contributed by atoms with van der Waals surface area (Å²) in [5, 5.41) is 9.97. The van der Waals surface area contributed by atoms with Gasteiger partial charge in [0.05, 0.1) is 13.2 Å². The largest absolute Gasteiger partial charge is 0.508 e. The van der Waals surface area contributed by atoms with E-state index in [1.807, 2.05) is 12.1 Å². The number of phenols is 1. The predicted octanol–water partition coefficient (Wildman–Crippen LogP) is 2.52. The van der Waals surface area contributed by atoms with E-state index in [4.69, 9.17) is 4.74 Å². The fourth-order valence-electron chi connectivity index (χ4n) is 2.18. The van der Waals surface area contributed by atoms with Gasteiger partial charge in [-0.05, 0) is 17.0 Å². The van der Waals surface area contributed by atoms with Gasteiger partial charge in [0.25, 0.3) is 0 Å². The zero-order valence-corrected chi connectivity index (χ0v) is 11.6. The normalized spacial score (nSPS) is 17.9. The van der Waals surface area contributed by atoms with Crippen LogP contribution in [0.15, 0.2) is 18.2 Å². The third-order valence-corrected chi connectivity index (χ3v) is 3.44. The molecule has 0 spiro atoms. The van der Waals surface area contributed by atoms with Crippen LogP contribution in [-0.2, 0) is 16.7 Å². The highest BCUT2D eigenvalue weighted by Crippen LogP contribution is 2.28. The van der Waals surface area contributed by atoms with Crippen molar-refractivity contribution in [2.75, 3.05) is 26.3 Å². The van der Waals surface area contributed by atoms with Crippen LogP contribution in [0.3, 0.4) is 0 Å². The molecule has 3 nitrogen and oxygen atoms in total. The lowest BCUT2D eigenvalue weighted by atomic mass is 9.86. The van der Waals surface area contributed by atoms with Gasteiger partial charge in [0.15, 0.2) is 0 Å². The summed E-state index contributed by atoms with van der Waals surface area (Å²) >= 11 is 0. The summed E-state index contributed by atoms with van der Waals surface area (Å²) in [4.78, 5) is 2.32. The Labute approximate surface area is 109 Å². The highest BCUT2D eigenvalue weighted by molar-refractivity contribution is 5.38. The van der Waals surface area contributed by atoms with Gasteiger partial charge >= 0.3 is 0 Å². The fraction of sp³-hybridized carbons (Fsp3) is 0.600. The highest BCUT2D eigenvalue weighted by Gasteiger charge is 2.17. The van der Waals surface area contributed by atoms with Crippen LogP contribution in [-0.4, -0.2) is 36.3 Å². The standard InChI is InChI=1S/C15H23NO2/c1-15(2,3)13-4-5-14(17)12(10-13)11-16-6-8-18-9-7-16/h4-5,10,17H,6-9,11H2,1-3H3. The van der Waals surface area contributed by atoms with E-state index in [0.29, 0.717) is 5.75 Å². The molecule has 1 heterocycles. The summed E-state index contributed by atoms with van der Waals surface area (Å²) in [7, 11) is 0. The van der Waals surface area contributed by atoms with Gasteiger partial charge in [-0.2, -0.15) is 0 Å². The number of benzene rings is 1. The molecule has 1 aromatic carbocycles. The fourth-order valence-corrected chi connectivity index (χ4v) is 2.18. The first kappa shape index (κ1) is 13.4. The molecule has 0 unspecified atom stereocenters. The quantitative estimate of drug-likeness (QED) is 0.874. The van der Waals surface area contributed by atoms with Crippen molar-refractivity contribution >= 4 is 0 Å². The number of nitrogens with zero attached hydrogens (tertiary/aromatic N) is 1. The number of aromatic hydroxyl groups is 1. The molecule has 100 valence electrons. The van der Waals surface area contributed by atoms with Gasteiger partial charge in [0.2, 0.25) is 0 Å². The lowest BCUT2D eigenvalue weighted by molar-refractivity contribution is 0.0338. The van der Waals surface area contributed by atoms with Crippen molar-refractivity contribution < 1.29 is 9.84 Å². The molecule has 1 fully saturated rings. The van der Waals surface area contributed by atoms with Gasteiger partial charge in [0.1, 0.15) is 5.75 Å². The molecule has 0 aliphatic carbocycles. The SMILES string of the molecule is CC(C)(C)c1ccc(O)c(CN2CCOCC2)c1. The molecule has 3 heteroatoms. The molecule has 0 aromatic heterocycles. The summed E-state index contributed by atoms with van der Waals surface area (Å²) in [6.45, 7) is 10.9. The molecule has 1 N–H and O–H groups in total. The van der Waals surface area contributed by atoms with Crippen LogP contribution in [0, 0.1) is 0 Å². The van der Waals surface area contributed by atoms with Crippen molar-refractivity contribution in [3.05, 3.63) is 29.3 Å². The van der Waals surface area contributed by atoms with Gasteiger partial charge in [0, 0.05) is 25.2 Å². The summed E-state index contributed by atoms with van der Waals surface area (Å²) < 4.78 is 5.34. The molecule has 18 heavy (non-hydrogen) atoms. The smallest absolute Gasteiger partial charge is 0.120 e. The first-order chi connectivity index (χ1) is 8.47. The van der Waals surface area contributed by atoms with Crippen LogP contribution >= 0.6 is 0 Å². The first-order valence-corrected chi connectivity index (χ1v) is 6.59. The Kier molecular flexibility index (Phi) is 3.93. The van der Waals surface area contributed by atoms with E-state index in [9.17, 15) is 5.11 Å². The van der Waals surface area contributed by atoms with Gasteiger partial charge in [-0.1, -0.05) is 32.9 Å². The molecule has 1 aliphatic heterocycles. The average Bonchev–Trinajstić information content (AvgIpc) is 2.32. The van der Waals surface area contributed by atoms with E-state index >= 15 is 0 Å². The molecule has 1 aliphatic rings. The minimum absolute atomic E-state index is 0.119. The Hall–Kier alpha value is -1.06.